The Hall–Kier alpha value is -0.790. The molecule has 1 unspecified atom stereocenters. The monoisotopic (exact) mass is 316 g/mol. The van der Waals surface area contributed by atoms with Crippen LogP contribution >= 0.6 is 0 Å². The van der Waals surface area contributed by atoms with E-state index in [0.717, 1.165) is 12.8 Å². The molecule has 3 saturated carbocycles. The maximum Gasteiger partial charge on any atom is 0.133 e. The van der Waals surface area contributed by atoms with Crippen molar-refractivity contribution in [1.29, 1.82) is 0 Å². The first-order chi connectivity index (χ1) is 10.9. The van der Waals surface area contributed by atoms with Crippen molar-refractivity contribution in [3.05, 3.63) is 11.8 Å². The normalized spacial score (nSPS) is 52.1. The van der Waals surface area contributed by atoms with E-state index in [1.54, 1.807) is 6.92 Å². The molecule has 4 aliphatic carbocycles. The van der Waals surface area contributed by atoms with E-state index >= 15 is 0 Å². The lowest BCUT2D eigenvalue weighted by Gasteiger charge is -2.59. The van der Waals surface area contributed by atoms with Crippen LogP contribution in [0.1, 0.15) is 72.1 Å². The second-order valence-corrected chi connectivity index (χ2v) is 9.39. The van der Waals surface area contributed by atoms with Crippen molar-refractivity contribution in [1.82, 2.24) is 0 Å². The largest absolute Gasteiger partial charge is 0.512 e. The lowest BCUT2D eigenvalue weighted by atomic mass is 9.45. The highest BCUT2D eigenvalue weighted by molar-refractivity contribution is 5.79. The highest BCUT2D eigenvalue weighted by atomic mass is 16.3. The highest BCUT2D eigenvalue weighted by Gasteiger charge is 2.61. The summed E-state index contributed by atoms with van der Waals surface area (Å²) in [5.74, 6) is 4.09. The maximum absolute atomic E-state index is 12.2. The Bertz CT molecular complexity index is 550. The standard InChI is InChI=1S/C21H32O2/c1-13(22)16-9-10-17-15-8-7-14-5-4-6-19(23)21(14,3)18(15)11-12-20(16,17)2/h6,14-18,23H,4-5,7-12H2,1-3H3/t14?,15-,16+,17-,18-,20+,21-/m0/s1. The van der Waals surface area contributed by atoms with Gasteiger partial charge >= 0.3 is 0 Å². The van der Waals surface area contributed by atoms with E-state index in [0.29, 0.717) is 35.2 Å². The van der Waals surface area contributed by atoms with Gasteiger partial charge in [0.25, 0.3) is 0 Å². The number of aliphatic hydroxyl groups is 1. The van der Waals surface area contributed by atoms with Gasteiger partial charge in [-0.3, -0.25) is 4.79 Å². The van der Waals surface area contributed by atoms with E-state index < -0.39 is 0 Å². The smallest absolute Gasteiger partial charge is 0.133 e. The summed E-state index contributed by atoms with van der Waals surface area (Å²) in [6, 6.07) is 0. The molecule has 0 radical (unpaired) electrons. The maximum atomic E-state index is 12.2. The molecule has 4 rings (SSSR count). The van der Waals surface area contributed by atoms with Gasteiger partial charge in [-0.2, -0.15) is 0 Å². The first-order valence-electron chi connectivity index (χ1n) is 9.79. The molecular weight excluding hydrogens is 284 g/mol. The van der Waals surface area contributed by atoms with Crippen LogP contribution in [-0.4, -0.2) is 10.9 Å². The number of carbonyl (C=O) groups excluding carboxylic acids is 1. The van der Waals surface area contributed by atoms with Gasteiger partial charge in [0.2, 0.25) is 0 Å². The molecule has 0 aromatic carbocycles. The van der Waals surface area contributed by atoms with E-state index in [1.807, 2.05) is 0 Å². The Morgan fingerprint density at radius 2 is 1.87 bits per heavy atom. The fourth-order valence-electron chi connectivity index (χ4n) is 7.58. The van der Waals surface area contributed by atoms with Crippen molar-refractivity contribution < 1.29 is 9.90 Å². The topological polar surface area (TPSA) is 37.3 Å². The van der Waals surface area contributed by atoms with Crippen molar-refractivity contribution in [2.45, 2.75) is 72.1 Å². The van der Waals surface area contributed by atoms with E-state index in [1.165, 1.54) is 38.5 Å². The third-order valence-electron chi connectivity index (χ3n) is 8.80. The second-order valence-electron chi connectivity index (χ2n) is 9.39. The molecule has 2 heteroatoms. The molecule has 0 aromatic heterocycles. The number of Topliss-reactive ketones (excluding diaryl/α,β-unsaturated/α-hetero) is 1. The summed E-state index contributed by atoms with van der Waals surface area (Å²) in [6.07, 6.45) is 11.7. The molecule has 23 heavy (non-hydrogen) atoms. The predicted octanol–water partition coefficient (Wildman–Crippen LogP) is 5.29. The van der Waals surface area contributed by atoms with E-state index in [2.05, 4.69) is 19.9 Å². The summed E-state index contributed by atoms with van der Waals surface area (Å²) in [5.41, 5.74) is 0.237. The molecule has 0 spiro atoms. The number of ketones is 1. The molecule has 0 aliphatic heterocycles. The molecule has 0 heterocycles. The number of fused-ring (bicyclic) bond motifs is 5. The minimum absolute atomic E-state index is 0.0107. The van der Waals surface area contributed by atoms with E-state index in [9.17, 15) is 9.90 Å². The van der Waals surface area contributed by atoms with Crippen LogP contribution < -0.4 is 0 Å². The number of hydrogen-bond donors (Lipinski definition) is 1. The quantitative estimate of drug-likeness (QED) is 0.714. The van der Waals surface area contributed by atoms with Crippen LogP contribution in [0.4, 0.5) is 0 Å². The summed E-state index contributed by atoms with van der Waals surface area (Å²) in [7, 11) is 0. The molecule has 4 aliphatic rings. The van der Waals surface area contributed by atoms with Crippen LogP contribution in [0, 0.1) is 40.4 Å². The van der Waals surface area contributed by atoms with Crippen molar-refractivity contribution in [2.24, 2.45) is 40.4 Å². The summed E-state index contributed by atoms with van der Waals surface area (Å²) in [4.78, 5) is 12.2. The molecule has 7 atom stereocenters. The van der Waals surface area contributed by atoms with Gasteiger partial charge < -0.3 is 5.11 Å². The number of rotatable bonds is 1. The summed E-state index contributed by atoms with van der Waals surface area (Å²) in [5, 5.41) is 10.8. The first-order valence-corrected chi connectivity index (χ1v) is 9.79. The van der Waals surface area contributed by atoms with Crippen LogP contribution in [0.2, 0.25) is 0 Å². The molecule has 0 aromatic rings. The molecule has 3 fully saturated rings. The second kappa shape index (κ2) is 5.10. The molecule has 0 amide bonds. The van der Waals surface area contributed by atoms with Crippen LogP contribution in [0.15, 0.2) is 11.8 Å². The molecule has 2 nitrogen and oxygen atoms in total. The number of aliphatic hydroxyl groups excluding tert-OH is 1. The van der Waals surface area contributed by atoms with Gasteiger partial charge in [-0.25, -0.2) is 0 Å². The molecular formula is C21H32O2. The minimum Gasteiger partial charge on any atom is -0.512 e. The number of carbonyl (C=O) groups is 1. The van der Waals surface area contributed by atoms with Gasteiger partial charge in [0, 0.05) is 11.3 Å². The predicted molar refractivity (Wildman–Crippen MR) is 92.0 cm³/mol. The van der Waals surface area contributed by atoms with Gasteiger partial charge in [-0.1, -0.05) is 13.8 Å². The average Bonchev–Trinajstić information content (AvgIpc) is 2.86. The Morgan fingerprint density at radius 3 is 2.61 bits per heavy atom. The lowest BCUT2D eigenvalue weighted by Crippen LogP contribution is -2.53. The Balaban J connectivity index is 1.69. The van der Waals surface area contributed by atoms with Crippen molar-refractivity contribution in [3.63, 3.8) is 0 Å². The molecule has 1 N–H and O–H groups in total. The average molecular weight is 316 g/mol. The molecule has 128 valence electrons. The van der Waals surface area contributed by atoms with Crippen LogP contribution in [0.3, 0.4) is 0 Å². The highest BCUT2D eigenvalue weighted by Crippen LogP contribution is 2.67. The van der Waals surface area contributed by atoms with Crippen molar-refractivity contribution in [2.75, 3.05) is 0 Å². The summed E-state index contributed by atoms with van der Waals surface area (Å²) in [6.45, 7) is 6.55. The Kier molecular flexibility index (Phi) is 3.49. The summed E-state index contributed by atoms with van der Waals surface area (Å²) >= 11 is 0. The van der Waals surface area contributed by atoms with Gasteiger partial charge in [-0.15, -0.1) is 0 Å². The molecule has 0 bridgehead atoms. The first kappa shape index (κ1) is 15.7. The molecule has 0 saturated heterocycles. The van der Waals surface area contributed by atoms with Crippen LogP contribution in [-0.2, 0) is 4.79 Å². The van der Waals surface area contributed by atoms with Gasteiger partial charge in [0.1, 0.15) is 5.78 Å². The van der Waals surface area contributed by atoms with E-state index in [4.69, 9.17) is 0 Å². The zero-order valence-electron chi connectivity index (χ0n) is 15.0. The third-order valence-corrected chi connectivity index (χ3v) is 8.80. The fourth-order valence-corrected chi connectivity index (χ4v) is 7.58. The van der Waals surface area contributed by atoms with Crippen molar-refractivity contribution >= 4 is 5.78 Å². The van der Waals surface area contributed by atoms with Crippen LogP contribution in [0.5, 0.6) is 0 Å². The van der Waals surface area contributed by atoms with E-state index in [-0.39, 0.29) is 16.7 Å². The Labute approximate surface area is 140 Å². The fraction of sp³-hybridized carbons (Fsp3) is 0.857. The number of allylic oxidation sites excluding steroid dienone is 2. The Morgan fingerprint density at radius 1 is 1.09 bits per heavy atom. The van der Waals surface area contributed by atoms with Gasteiger partial charge in [0.15, 0.2) is 0 Å². The van der Waals surface area contributed by atoms with Crippen LogP contribution in [0.25, 0.3) is 0 Å². The third kappa shape index (κ3) is 1.96. The zero-order valence-corrected chi connectivity index (χ0v) is 15.0. The lowest BCUT2D eigenvalue weighted by molar-refractivity contribution is -0.131. The summed E-state index contributed by atoms with van der Waals surface area (Å²) < 4.78 is 0. The van der Waals surface area contributed by atoms with Gasteiger partial charge in [0.05, 0.1) is 5.76 Å². The minimum atomic E-state index is 0.0107. The van der Waals surface area contributed by atoms with Crippen molar-refractivity contribution in [3.8, 4) is 0 Å². The van der Waals surface area contributed by atoms with Gasteiger partial charge in [-0.05, 0) is 93.5 Å². The zero-order chi connectivity index (χ0) is 16.4. The SMILES string of the molecule is CC(=O)[C@H]1CC[C@H]2[C@@H]3CCC4CCC=C(O)[C@]4(C)[C@H]3CC[C@]12C. The number of hydrogen-bond acceptors (Lipinski definition) is 2.